The Bertz CT molecular complexity index is 282. The van der Waals surface area contributed by atoms with Gasteiger partial charge in [-0.25, -0.2) is 0 Å². The van der Waals surface area contributed by atoms with E-state index in [4.69, 9.17) is 5.73 Å². The van der Waals surface area contributed by atoms with Crippen LogP contribution in [0.5, 0.6) is 0 Å². The maximum Gasteiger partial charge on any atom is 0.248 e. The second-order valence-corrected chi connectivity index (χ2v) is 2.53. The van der Waals surface area contributed by atoms with E-state index in [2.05, 4.69) is 10.3 Å². The summed E-state index contributed by atoms with van der Waals surface area (Å²) in [6.45, 7) is 2.08. The topological polar surface area (TPSA) is 70.9 Å². The zero-order valence-electron chi connectivity index (χ0n) is 6.84. The standard InChI is InChI=1S/C8H13N3O/c9-2-4-10-6-7-1-3-11-8(12)5-7/h1,3,5,10H,2,4,6,9H2,(H,11,12). The first-order chi connectivity index (χ1) is 5.83. The first-order valence-corrected chi connectivity index (χ1v) is 3.91. The molecule has 0 atom stereocenters. The molecule has 1 aromatic rings. The van der Waals surface area contributed by atoms with Crippen molar-refractivity contribution in [1.82, 2.24) is 10.3 Å². The van der Waals surface area contributed by atoms with Crippen molar-refractivity contribution in [2.45, 2.75) is 6.54 Å². The highest BCUT2D eigenvalue weighted by atomic mass is 16.1. The summed E-state index contributed by atoms with van der Waals surface area (Å²) in [5, 5.41) is 3.10. The Morgan fingerprint density at radius 2 is 2.42 bits per heavy atom. The Morgan fingerprint density at radius 3 is 3.08 bits per heavy atom. The fourth-order valence-corrected chi connectivity index (χ4v) is 0.934. The van der Waals surface area contributed by atoms with Crippen molar-refractivity contribution < 1.29 is 0 Å². The zero-order chi connectivity index (χ0) is 8.81. The maximum atomic E-state index is 10.8. The van der Waals surface area contributed by atoms with Gasteiger partial charge in [-0.05, 0) is 11.6 Å². The molecule has 0 aliphatic heterocycles. The minimum absolute atomic E-state index is 0.0675. The average molecular weight is 167 g/mol. The molecule has 1 rings (SSSR count). The first-order valence-electron chi connectivity index (χ1n) is 3.91. The van der Waals surface area contributed by atoms with E-state index in [0.717, 1.165) is 12.1 Å². The van der Waals surface area contributed by atoms with E-state index in [0.29, 0.717) is 13.1 Å². The maximum absolute atomic E-state index is 10.8. The summed E-state index contributed by atoms with van der Waals surface area (Å²) in [5.41, 5.74) is 6.20. The Labute approximate surface area is 70.8 Å². The van der Waals surface area contributed by atoms with Crippen LogP contribution in [0.1, 0.15) is 5.56 Å². The van der Waals surface area contributed by atoms with Crippen molar-refractivity contribution in [3.63, 3.8) is 0 Å². The van der Waals surface area contributed by atoms with E-state index in [-0.39, 0.29) is 5.56 Å². The molecule has 4 heteroatoms. The lowest BCUT2D eigenvalue weighted by atomic mass is 10.3. The Morgan fingerprint density at radius 1 is 1.58 bits per heavy atom. The molecule has 0 radical (unpaired) electrons. The Balaban J connectivity index is 2.47. The molecule has 0 bridgehead atoms. The van der Waals surface area contributed by atoms with E-state index in [9.17, 15) is 4.79 Å². The molecule has 4 nitrogen and oxygen atoms in total. The molecular weight excluding hydrogens is 154 g/mol. The third kappa shape index (κ3) is 2.86. The summed E-state index contributed by atoms with van der Waals surface area (Å²) in [4.78, 5) is 13.4. The van der Waals surface area contributed by atoms with Gasteiger partial charge in [-0.15, -0.1) is 0 Å². The van der Waals surface area contributed by atoms with Gasteiger partial charge in [-0.1, -0.05) is 0 Å². The highest BCUT2D eigenvalue weighted by Gasteiger charge is 1.91. The molecule has 0 aliphatic carbocycles. The highest BCUT2D eigenvalue weighted by Crippen LogP contribution is 1.90. The van der Waals surface area contributed by atoms with Crippen molar-refractivity contribution in [1.29, 1.82) is 0 Å². The van der Waals surface area contributed by atoms with Gasteiger partial charge in [-0.3, -0.25) is 4.79 Å². The normalized spacial score (nSPS) is 10.1. The summed E-state index contributed by atoms with van der Waals surface area (Å²) in [7, 11) is 0. The summed E-state index contributed by atoms with van der Waals surface area (Å²) in [5.74, 6) is 0. The van der Waals surface area contributed by atoms with Crippen molar-refractivity contribution in [2.24, 2.45) is 5.73 Å². The van der Waals surface area contributed by atoms with Crippen molar-refractivity contribution in [3.05, 3.63) is 34.2 Å². The number of aromatic nitrogens is 1. The van der Waals surface area contributed by atoms with Gasteiger partial charge in [0.05, 0.1) is 0 Å². The first kappa shape index (κ1) is 8.96. The van der Waals surface area contributed by atoms with Crippen LogP contribution in [-0.2, 0) is 6.54 Å². The molecule has 0 spiro atoms. The summed E-state index contributed by atoms with van der Waals surface area (Å²) in [6, 6.07) is 3.44. The van der Waals surface area contributed by atoms with Gasteiger partial charge < -0.3 is 16.0 Å². The molecule has 12 heavy (non-hydrogen) atoms. The quantitative estimate of drug-likeness (QED) is 0.525. The van der Waals surface area contributed by atoms with Crippen LogP contribution >= 0.6 is 0 Å². The van der Waals surface area contributed by atoms with Crippen molar-refractivity contribution in [3.8, 4) is 0 Å². The van der Waals surface area contributed by atoms with Crippen LogP contribution in [0.25, 0.3) is 0 Å². The van der Waals surface area contributed by atoms with E-state index >= 15 is 0 Å². The predicted octanol–water partition coefficient (Wildman–Crippen LogP) is -0.577. The molecule has 0 saturated heterocycles. The van der Waals surface area contributed by atoms with E-state index < -0.39 is 0 Å². The van der Waals surface area contributed by atoms with Crippen LogP contribution < -0.4 is 16.6 Å². The molecule has 4 N–H and O–H groups in total. The van der Waals surface area contributed by atoms with Gasteiger partial charge >= 0.3 is 0 Å². The second kappa shape index (κ2) is 4.69. The van der Waals surface area contributed by atoms with Gasteiger partial charge in [0.1, 0.15) is 0 Å². The SMILES string of the molecule is NCCNCc1cc[nH]c(=O)c1. The summed E-state index contributed by atoms with van der Waals surface area (Å²) < 4.78 is 0. The Hall–Kier alpha value is -1.13. The van der Waals surface area contributed by atoms with Crippen molar-refractivity contribution in [2.75, 3.05) is 13.1 Å². The van der Waals surface area contributed by atoms with Gasteiger partial charge in [0.2, 0.25) is 5.56 Å². The molecule has 0 amide bonds. The largest absolute Gasteiger partial charge is 0.329 e. The number of hydrogen-bond acceptors (Lipinski definition) is 3. The van der Waals surface area contributed by atoms with E-state index in [1.54, 1.807) is 12.3 Å². The van der Waals surface area contributed by atoms with E-state index in [1.165, 1.54) is 0 Å². The second-order valence-electron chi connectivity index (χ2n) is 2.53. The van der Waals surface area contributed by atoms with Crippen LogP contribution in [0.3, 0.4) is 0 Å². The smallest absolute Gasteiger partial charge is 0.248 e. The number of hydrogen-bond donors (Lipinski definition) is 3. The van der Waals surface area contributed by atoms with Crippen LogP contribution in [0.15, 0.2) is 23.1 Å². The average Bonchev–Trinajstić information content (AvgIpc) is 2.05. The molecule has 0 unspecified atom stereocenters. The van der Waals surface area contributed by atoms with Gasteiger partial charge in [0.15, 0.2) is 0 Å². The zero-order valence-corrected chi connectivity index (χ0v) is 6.84. The molecule has 0 fully saturated rings. The molecule has 66 valence electrons. The molecule has 1 heterocycles. The Kier molecular flexibility index (Phi) is 3.50. The van der Waals surface area contributed by atoms with Crippen LogP contribution in [0.4, 0.5) is 0 Å². The number of aromatic amines is 1. The third-order valence-electron chi connectivity index (χ3n) is 1.49. The molecular formula is C8H13N3O. The van der Waals surface area contributed by atoms with Crippen LogP contribution in [0, 0.1) is 0 Å². The van der Waals surface area contributed by atoms with Gasteiger partial charge in [0, 0.05) is 31.9 Å². The fourth-order valence-electron chi connectivity index (χ4n) is 0.934. The number of rotatable bonds is 4. The monoisotopic (exact) mass is 167 g/mol. The minimum atomic E-state index is -0.0675. The molecule has 0 aliphatic rings. The van der Waals surface area contributed by atoms with Gasteiger partial charge in [-0.2, -0.15) is 0 Å². The molecule has 0 saturated carbocycles. The summed E-state index contributed by atoms with van der Waals surface area (Å²) >= 11 is 0. The number of nitrogens with two attached hydrogens (primary N) is 1. The minimum Gasteiger partial charge on any atom is -0.329 e. The lowest BCUT2D eigenvalue weighted by Gasteiger charge is -2.01. The third-order valence-corrected chi connectivity index (χ3v) is 1.49. The predicted molar refractivity (Wildman–Crippen MR) is 47.8 cm³/mol. The number of nitrogens with one attached hydrogen (secondary N) is 2. The van der Waals surface area contributed by atoms with Crippen molar-refractivity contribution >= 4 is 0 Å². The van der Waals surface area contributed by atoms with E-state index in [1.807, 2.05) is 6.07 Å². The molecule has 1 aromatic heterocycles. The summed E-state index contributed by atoms with van der Waals surface area (Å²) in [6.07, 6.45) is 1.64. The lowest BCUT2D eigenvalue weighted by Crippen LogP contribution is -2.22. The highest BCUT2D eigenvalue weighted by molar-refractivity contribution is 5.09. The van der Waals surface area contributed by atoms with Crippen LogP contribution in [0.2, 0.25) is 0 Å². The fraction of sp³-hybridized carbons (Fsp3) is 0.375. The molecule has 0 aromatic carbocycles. The van der Waals surface area contributed by atoms with Crippen LogP contribution in [-0.4, -0.2) is 18.1 Å². The lowest BCUT2D eigenvalue weighted by molar-refractivity contribution is 0.693. The number of pyridine rings is 1. The van der Waals surface area contributed by atoms with Gasteiger partial charge in [0.25, 0.3) is 0 Å². The number of H-pyrrole nitrogens is 1.